The third kappa shape index (κ3) is 4.91. The number of hydrogen-bond donors (Lipinski definition) is 3. The first kappa shape index (κ1) is 23.0. The van der Waals surface area contributed by atoms with Crippen molar-refractivity contribution >= 4 is 18.0 Å². The van der Waals surface area contributed by atoms with Crippen molar-refractivity contribution in [3.05, 3.63) is 77.2 Å². The number of alkyl carbamates (subject to hydrolysis) is 1. The van der Waals surface area contributed by atoms with Crippen LogP contribution in [-0.2, 0) is 20.8 Å². The summed E-state index contributed by atoms with van der Waals surface area (Å²) in [6.07, 6.45) is -1.81. The quantitative estimate of drug-likeness (QED) is 0.438. The molecule has 1 atom stereocenters. The van der Waals surface area contributed by atoms with Gasteiger partial charge in [-0.3, -0.25) is 4.79 Å². The molecular formula is C24H23N3O7. The van der Waals surface area contributed by atoms with E-state index < -0.39 is 24.1 Å². The Morgan fingerprint density at radius 2 is 1.71 bits per heavy atom. The second kappa shape index (κ2) is 10.2. The maximum atomic E-state index is 12.3. The maximum absolute atomic E-state index is 12.3. The molecule has 34 heavy (non-hydrogen) atoms. The van der Waals surface area contributed by atoms with Crippen LogP contribution in [0.4, 0.5) is 4.79 Å². The molecule has 0 spiro atoms. The first-order valence-electron chi connectivity index (χ1n) is 10.6. The molecule has 10 nitrogen and oxygen atoms in total. The Hall–Kier alpha value is -4.18. The molecule has 1 heterocycles. The molecule has 0 fully saturated rings. The highest BCUT2D eigenvalue weighted by Gasteiger charge is 2.29. The van der Waals surface area contributed by atoms with Gasteiger partial charge >= 0.3 is 12.1 Å². The lowest BCUT2D eigenvalue weighted by molar-refractivity contribution is -0.148. The van der Waals surface area contributed by atoms with E-state index in [-0.39, 0.29) is 37.1 Å². The average molecular weight is 465 g/mol. The largest absolute Gasteiger partial charge is 0.479 e. The molecule has 1 aromatic heterocycles. The molecule has 1 aliphatic carbocycles. The zero-order valence-electron chi connectivity index (χ0n) is 18.3. The monoisotopic (exact) mass is 465 g/mol. The van der Waals surface area contributed by atoms with Crippen molar-refractivity contribution in [2.24, 2.45) is 0 Å². The molecule has 3 aromatic rings. The lowest BCUT2D eigenvalue weighted by Crippen LogP contribution is -2.37. The number of benzene rings is 2. The lowest BCUT2D eigenvalue weighted by atomic mass is 9.98. The Morgan fingerprint density at radius 1 is 1.06 bits per heavy atom. The highest BCUT2D eigenvalue weighted by molar-refractivity contribution is 5.92. The molecule has 0 saturated heterocycles. The molecule has 0 saturated carbocycles. The number of carboxylic acids is 1. The van der Waals surface area contributed by atoms with Gasteiger partial charge in [-0.2, -0.15) is 0 Å². The molecule has 0 aliphatic heterocycles. The number of rotatable bonds is 9. The van der Waals surface area contributed by atoms with Gasteiger partial charge < -0.3 is 29.7 Å². The summed E-state index contributed by atoms with van der Waals surface area (Å²) in [5.74, 6) is -1.64. The molecule has 3 N–H and O–H groups in total. The van der Waals surface area contributed by atoms with Crippen LogP contribution in [0.25, 0.3) is 11.1 Å². The predicted molar refractivity (Wildman–Crippen MR) is 119 cm³/mol. The summed E-state index contributed by atoms with van der Waals surface area (Å²) in [7, 11) is 1.23. The van der Waals surface area contributed by atoms with E-state index in [2.05, 4.69) is 27.9 Å². The van der Waals surface area contributed by atoms with Crippen molar-refractivity contribution < 1.29 is 33.5 Å². The van der Waals surface area contributed by atoms with Crippen LogP contribution in [0.2, 0.25) is 0 Å². The molecule has 0 radical (unpaired) electrons. The van der Waals surface area contributed by atoms with Crippen molar-refractivity contribution in [2.75, 3.05) is 20.3 Å². The zero-order valence-corrected chi connectivity index (χ0v) is 18.3. The lowest BCUT2D eigenvalue weighted by Gasteiger charge is -2.14. The number of aromatic nitrogens is 1. The van der Waals surface area contributed by atoms with Crippen LogP contribution < -0.4 is 10.6 Å². The van der Waals surface area contributed by atoms with Crippen LogP contribution in [-0.4, -0.2) is 54.6 Å². The number of aliphatic carboxylic acids is 1. The van der Waals surface area contributed by atoms with Gasteiger partial charge in [0.25, 0.3) is 5.91 Å². The van der Waals surface area contributed by atoms with E-state index in [1.54, 1.807) is 0 Å². The van der Waals surface area contributed by atoms with Crippen molar-refractivity contribution in [1.82, 2.24) is 15.8 Å². The molecule has 1 unspecified atom stereocenters. The number of ether oxygens (including phenoxy) is 2. The number of amides is 2. The fourth-order valence-electron chi connectivity index (χ4n) is 3.86. The molecule has 176 valence electrons. The van der Waals surface area contributed by atoms with Crippen LogP contribution >= 0.6 is 0 Å². The minimum atomic E-state index is -1.20. The third-order valence-electron chi connectivity index (χ3n) is 5.55. The number of carbonyl (C=O) groups excluding carboxylic acids is 2. The van der Waals surface area contributed by atoms with Gasteiger partial charge in [0.1, 0.15) is 6.61 Å². The van der Waals surface area contributed by atoms with Gasteiger partial charge in [-0.15, -0.1) is 0 Å². The summed E-state index contributed by atoms with van der Waals surface area (Å²) in [4.78, 5) is 35.3. The number of carboxylic acid groups (broad SMARTS) is 1. The van der Waals surface area contributed by atoms with E-state index in [1.165, 1.54) is 13.2 Å². The summed E-state index contributed by atoms with van der Waals surface area (Å²) < 4.78 is 15.3. The summed E-state index contributed by atoms with van der Waals surface area (Å²) in [6, 6.07) is 17.4. The first-order chi connectivity index (χ1) is 16.5. The summed E-state index contributed by atoms with van der Waals surface area (Å²) in [5.41, 5.74) is 4.45. The van der Waals surface area contributed by atoms with Gasteiger partial charge in [-0.05, 0) is 22.3 Å². The van der Waals surface area contributed by atoms with Crippen LogP contribution in [0.5, 0.6) is 0 Å². The fraction of sp³-hybridized carbons (Fsp3) is 0.250. The minimum Gasteiger partial charge on any atom is -0.479 e. The Morgan fingerprint density at radius 3 is 2.32 bits per heavy atom. The SMILES string of the molecule is COC(CNC(=O)c1cc(CNC(=O)OCC2c3ccccc3-c3ccccc32)on1)C(=O)O. The van der Waals surface area contributed by atoms with Crippen molar-refractivity contribution in [3.8, 4) is 11.1 Å². The van der Waals surface area contributed by atoms with E-state index in [0.29, 0.717) is 0 Å². The summed E-state index contributed by atoms with van der Waals surface area (Å²) >= 11 is 0. The Balaban J connectivity index is 1.28. The van der Waals surface area contributed by atoms with Gasteiger partial charge in [-0.1, -0.05) is 53.7 Å². The van der Waals surface area contributed by atoms with Gasteiger partial charge in [0.15, 0.2) is 17.6 Å². The maximum Gasteiger partial charge on any atom is 0.407 e. The number of nitrogens with one attached hydrogen (secondary N) is 2. The van der Waals surface area contributed by atoms with E-state index in [1.807, 2.05) is 36.4 Å². The van der Waals surface area contributed by atoms with Crippen molar-refractivity contribution in [3.63, 3.8) is 0 Å². The Labute approximate surface area is 194 Å². The van der Waals surface area contributed by atoms with Crippen LogP contribution in [0.3, 0.4) is 0 Å². The van der Waals surface area contributed by atoms with E-state index >= 15 is 0 Å². The average Bonchev–Trinajstić information content (AvgIpc) is 3.44. The normalized spacial score (nSPS) is 13.0. The third-order valence-corrected chi connectivity index (χ3v) is 5.55. The van der Waals surface area contributed by atoms with Gasteiger partial charge in [0, 0.05) is 19.1 Å². The fourth-order valence-corrected chi connectivity index (χ4v) is 3.86. The minimum absolute atomic E-state index is 0.0349. The molecular weight excluding hydrogens is 442 g/mol. The number of nitrogens with zero attached hydrogens (tertiary/aromatic N) is 1. The van der Waals surface area contributed by atoms with Crippen molar-refractivity contribution in [2.45, 2.75) is 18.6 Å². The molecule has 2 amide bonds. The van der Waals surface area contributed by atoms with Crippen LogP contribution in [0.15, 0.2) is 59.1 Å². The highest BCUT2D eigenvalue weighted by Crippen LogP contribution is 2.44. The number of methoxy groups -OCH3 is 1. The molecule has 4 rings (SSSR count). The number of hydrogen-bond acceptors (Lipinski definition) is 7. The predicted octanol–water partition coefficient (Wildman–Crippen LogP) is 2.54. The smallest absolute Gasteiger partial charge is 0.407 e. The van der Waals surface area contributed by atoms with E-state index in [9.17, 15) is 14.4 Å². The molecule has 2 aromatic carbocycles. The summed E-state index contributed by atoms with van der Waals surface area (Å²) in [5, 5.41) is 17.5. The van der Waals surface area contributed by atoms with Gasteiger partial charge in [0.05, 0.1) is 13.1 Å². The second-order valence-corrected chi connectivity index (χ2v) is 7.63. The number of carbonyl (C=O) groups is 3. The Bertz CT molecular complexity index is 1160. The first-order valence-corrected chi connectivity index (χ1v) is 10.6. The van der Waals surface area contributed by atoms with Gasteiger partial charge in [-0.25, -0.2) is 9.59 Å². The topological polar surface area (TPSA) is 140 Å². The van der Waals surface area contributed by atoms with Crippen LogP contribution in [0.1, 0.15) is 33.3 Å². The Kier molecular flexibility index (Phi) is 6.88. The second-order valence-electron chi connectivity index (χ2n) is 7.63. The standard InChI is InChI=1S/C24H23N3O7/c1-32-21(23(29)30)12-25-22(28)20-10-14(34-27-20)11-26-24(31)33-13-19-17-8-4-2-6-15(17)16-7-3-5-9-18(16)19/h2-10,19,21H,11-13H2,1H3,(H,25,28)(H,26,31)(H,29,30). The van der Waals surface area contributed by atoms with Crippen LogP contribution in [0, 0.1) is 0 Å². The van der Waals surface area contributed by atoms with Crippen molar-refractivity contribution in [1.29, 1.82) is 0 Å². The van der Waals surface area contributed by atoms with E-state index in [0.717, 1.165) is 22.3 Å². The molecule has 0 bridgehead atoms. The molecule has 10 heteroatoms. The zero-order chi connectivity index (χ0) is 24.1. The van der Waals surface area contributed by atoms with E-state index in [4.69, 9.17) is 19.1 Å². The molecule has 1 aliphatic rings. The van der Waals surface area contributed by atoms with Gasteiger partial charge in [0.2, 0.25) is 0 Å². The highest BCUT2D eigenvalue weighted by atomic mass is 16.5. The summed E-state index contributed by atoms with van der Waals surface area (Å²) in [6.45, 7) is -0.0915. The number of fused-ring (bicyclic) bond motifs is 3.